The molecule has 2 aromatic rings. The second-order valence-corrected chi connectivity index (χ2v) is 9.01. The van der Waals surface area contributed by atoms with Crippen LogP contribution < -0.4 is 18.9 Å². The first-order valence-electron chi connectivity index (χ1n) is 11.1. The number of nitrogens with zero attached hydrogens (tertiary/aromatic N) is 1. The second kappa shape index (κ2) is 9.58. The van der Waals surface area contributed by atoms with Crippen LogP contribution in [0.3, 0.4) is 0 Å². The zero-order valence-corrected chi connectivity index (χ0v) is 20.5. The molecule has 4 rings (SSSR count). The lowest BCUT2D eigenvalue weighted by Crippen LogP contribution is -2.52. The molecule has 1 fully saturated rings. The van der Waals surface area contributed by atoms with E-state index in [9.17, 15) is 9.59 Å². The third kappa shape index (κ3) is 4.57. The number of halogens is 1. The largest absolute Gasteiger partial charge is 0.493 e. The quantitative estimate of drug-likeness (QED) is 0.571. The van der Waals surface area contributed by atoms with Crippen LogP contribution in [0.5, 0.6) is 23.0 Å². The standard InChI is InChI=1S/C26H28ClNO6/c1-16-11-21-18(14-19(16)27)20(29)15-26(34-21)7-9-28(10-8-26)24(30)6-5-17-12-22(31-2)25(33-4)23(13-17)32-3/h5-6,11-14H,7-10,15H2,1-4H3/b6-5+. The lowest BCUT2D eigenvalue weighted by molar-refractivity contribution is -0.129. The fourth-order valence-corrected chi connectivity index (χ4v) is 4.66. The van der Waals surface area contributed by atoms with Crippen molar-refractivity contribution in [1.82, 2.24) is 4.90 Å². The van der Waals surface area contributed by atoms with Crippen LogP contribution in [-0.4, -0.2) is 56.6 Å². The van der Waals surface area contributed by atoms with Gasteiger partial charge in [0, 0.05) is 37.0 Å². The van der Waals surface area contributed by atoms with Crippen molar-refractivity contribution in [2.45, 2.75) is 31.8 Å². The first-order chi connectivity index (χ1) is 16.3. The van der Waals surface area contributed by atoms with Gasteiger partial charge in [0.1, 0.15) is 11.4 Å². The fraction of sp³-hybridized carbons (Fsp3) is 0.385. The normalized spacial score (nSPS) is 16.9. The Kier molecular flexibility index (Phi) is 6.75. The average Bonchev–Trinajstić information content (AvgIpc) is 2.83. The summed E-state index contributed by atoms with van der Waals surface area (Å²) in [6.07, 6.45) is 4.72. The molecule has 8 heteroatoms. The van der Waals surface area contributed by atoms with E-state index in [1.54, 1.807) is 50.5 Å². The minimum absolute atomic E-state index is 0.0326. The van der Waals surface area contributed by atoms with Gasteiger partial charge in [-0.25, -0.2) is 0 Å². The number of ether oxygens (including phenoxy) is 4. The van der Waals surface area contributed by atoms with E-state index in [0.717, 1.165) is 11.1 Å². The number of hydrogen-bond donors (Lipinski definition) is 0. The molecule has 1 saturated heterocycles. The van der Waals surface area contributed by atoms with Crippen LogP contribution >= 0.6 is 11.6 Å². The van der Waals surface area contributed by atoms with Gasteiger partial charge in [-0.3, -0.25) is 9.59 Å². The molecule has 2 aliphatic rings. The van der Waals surface area contributed by atoms with E-state index in [1.807, 2.05) is 13.0 Å². The Labute approximate surface area is 204 Å². The Morgan fingerprint density at radius 3 is 2.29 bits per heavy atom. The molecule has 0 unspecified atom stereocenters. The van der Waals surface area contributed by atoms with Gasteiger partial charge in [0.15, 0.2) is 17.3 Å². The van der Waals surface area contributed by atoms with E-state index in [0.29, 0.717) is 65.9 Å². The molecular formula is C26H28ClNO6. The molecule has 0 bridgehead atoms. The smallest absolute Gasteiger partial charge is 0.246 e. The van der Waals surface area contributed by atoms with Crippen molar-refractivity contribution in [1.29, 1.82) is 0 Å². The van der Waals surface area contributed by atoms with Gasteiger partial charge in [0.2, 0.25) is 11.7 Å². The van der Waals surface area contributed by atoms with Gasteiger partial charge in [-0.15, -0.1) is 0 Å². The van der Waals surface area contributed by atoms with Crippen molar-refractivity contribution < 1.29 is 28.5 Å². The molecule has 2 heterocycles. The maximum absolute atomic E-state index is 12.8. The summed E-state index contributed by atoms with van der Waals surface area (Å²) in [7, 11) is 4.64. The molecule has 0 aromatic heterocycles. The maximum Gasteiger partial charge on any atom is 0.246 e. The summed E-state index contributed by atoms with van der Waals surface area (Å²) in [5.74, 6) is 2.05. The highest BCUT2D eigenvalue weighted by molar-refractivity contribution is 6.31. The van der Waals surface area contributed by atoms with Crippen LogP contribution in [0, 0.1) is 6.92 Å². The number of ketones is 1. The summed E-state index contributed by atoms with van der Waals surface area (Å²) in [5.41, 5.74) is 1.58. The van der Waals surface area contributed by atoms with E-state index in [4.69, 9.17) is 30.5 Å². The van der Waals surface area contributed by atoms with Crippen LogP contribution in [0.1, 0.15) is 40.7 Å². The Hall–Kier alpha value is -3.19. The Morgan fingerprint density at radius 1 is 1.06 bits per heavy atom. The number of rotatable bonds is 5. The molecular weight excluding hydrogens is 458 g/mol. The fourth-order valence-electron chi connectivity index (χ4n) is 4.50. The third-order valence-electron chi connectivity index (χ3n) is 6.46. The Balaban J connectivity index is 1.44. The van der Waals surface area contributed by atoms with Crippen molar-refractivity contribution in [3.8, 4) is 23.0 Å². The number of benzene rings is 2. The average molecular weight is 486 g/mol. The molecule has 0 N–H and O–H groups in total. The second-order valence-electron chi connectivity index (χ2n) is 8.60. The number of likely N-dealkylation sites (tertiary alicyclic amines) is 1. The predicted octanol–water partition coefficient (Wildman–Crippen LogP) is 4.71. The number of methoxy groups -OCH3 is 3. The van der Waals surface area contributed by atoms with Crippen LogP contribution in [0.25, 0.3) is 6.08 Å². The van der Waals surface area contributed by atoms with Gasteiger partial charge in [-0.05, 0) is 48.4 Å². The van der Waals surface area contributed by atoms with Crippen molar-refractivity contribution in [3.63, 3.8) is 0 Å². The molecule has 1 spiro atoms. The highest BCUT2D eigenvalue weighted by Crippen LogP contribution is 2.41. The molecule has 0 radical (unpaired) electrons. The first-order valence-corrected chi connectivity index (χ1v) is 11.5. The summed E-state index contributed by atoms with van der Waals surface area (Å²) < 4.78 is 22.4. The number of hydrogen-bond acceptors (Lipinski definition) is 6. The van der Waals surface area contributed by atoms with Crippen LogP contribution in [0.2, 0.25) is 5.02 Å². The summed E-state index contributed by atoms with van der Waals surface area (Å²) >= 11 is 6.19. The minimum Gasteiger partial charge on any atom is -0.493 e. The topological polar surface area (TPSA) is 74.3 Å². The molecule has 180 valence electrons. The lowest BCUT2D eigenvalue weighted by atomic mass is 9.82. The Bertz CT molecular complexity index is 1130. The third-order valence-corrected chi connectivity index (χ3v) is 6.87. The van der Waals surface area contributed by atoms with Crippen LogP contribution in [0.4, 0.5) is 0 Å². The van der Waals surface area contributed by atoms with E-state index in [2.05, 4.69) is 0 Å². The van der Waals surface area contributed by atoms with Gasteiger partial charge < -0.3 is 23.8 Å². The minimum atomic E-state index is -0.582. The van der Waals surface area contributed by atoms with E-state index < -0.39 is 5.60 Å². The SMILES string of the molecule is COc1cc(/C=C/C(=O)N2CCC3(CC2)CC(=O)c2cc(Cl)c(C)cc2O3)cc(OC)c1OC. The highest BCUT2D eigenvalue weighted by Gasteiger charge is 2.43. The zero-order chi connectivity index (χ0) is 24.5. The molecule has 0 aliphatic carbocycles. The predicted molar refractivity (Wildman–Crippen MR) is 129 cm³/mol. The Morgan fingerprint density at radius 2 is 1.71 bits per heavy atom. The maximum atomic E-state index is 12.8. The van der Waals surface area contributed by atoms with E-state index in [-0.39, 0.29) is 11.7 Å². The van der Waals surface area contributed by atoms with Gasteiger partial charge >= 0.3 is 0 Å². The summed E-state index contributed by atoms with van der Waals surface area (Å²) in [4.78, 5) is 27.4. The molecule has 7 nitrogen and oxygen atoms in total. The van der Waals surface area contributed by atoms with E-state index in [1.165, 1.54) is 6.08 Å². The molecule has 0 atom stereocenters. The number of piperidine rings is 1. The van der Waals surface area contributed by atoms with Gasteiger partial charge in [0.25, 0.3) is 0 Å². The molecule has 34 heavy (non-hydrogen) atoms. The number of amides is 1. The van der Waals surface area contributed by atoms with Crippen molar-refractivity contribution in [2.75, 3.05) is 34.4 Å². The van der Waals surface area contributed by atoms with Gasteiger partial charge in [-0.2, -0.15) is 0 Å². The first kappa shape index (κ1) is 24.0. The number of aryl methyl sites for hydroxylation is 1. The van der Waals surface area contributed by atoms with E-state index >= 15 is 0 Å². The lowest BCUT2D eigenvalue weighted by Gasteiger charge is -2.43. The van der Waals surface area contributed by atoms with Crippen LogP contribution in [-0.2, 0) is 4.79 Å². The monoisotopic (exact) mass is 485 g/mol. The van der Waals surface area contributed by atoms with Crippen molar-refractivity contribution >= 4 is 29.4 Å². The van der Waals surface area contributed by atoms with Crippen molar-refractivity contribution in [3.05, 3.63) is 52.1 Å². The molecule has 1 amide bonds. The summed E-state index contributed by atoms with van der Waals surface area (Å²) in [5, 5.41) is 0.561. The molecule has 2 aromatic carbocycles. The molecule has 2 aliphatic heterocycles. The zero-order valence-electron chi connectivity index (χ0n) is 19.8. The molecule has 0 saturated carbocycles. The number of carbonyl (C=O) groups excluding carboxylic acids is 2. The highest BCUT2D eigenvalue weighted by atomic mass is 35.5. The van der Waals surface area contributed by atoms with Crippen LogP contribution in [0.15, 0.2) is 30.3 Å². The number of fused-ring (bicyclic) bond motifs is 1. The van der Waals surface area contributed by atoms with Gasteiger partial charge in [-0.1, -0.05) is 11.6 Å². The van der Waals surface area contributed by atoms with Gasteiger partial charge in [0.05, 0.1) is 33.3 Å². The number of carbonyl (C=O) groups is 2. The summed E-state index contributed by atoms with van der Waals surface area (Å²) in [6, 6.07) is 7.08. The summed E-state index contributed by atoms with van der Waals surface area (Å²) in [6.45, 7) is 2.90. The number of Topliss-reactive ketones (excluding diaryl/α,β-unsaturated/α-hetero) is 1. The van der Waals surface area contributed by atoms with Crippen molar-refractivity contribution in [2.24, 2.45) is 0 Å².